The second-order valence-electron chi connectivity index (χ2n) is 5.72. The number of hydrogen-bond acceptors (Lipinski definition) is 4. The second-order valence-corrected chi connectivity index (χ2v) is 8.48. The van der Waals surface area contributed by atoms with E-state index in [0.717, 1.165) is 12.8 Å². The summed E-state index contributed by atoms with van der Waals surface area (Å²) in [5, 5.41) is 2.56. The zero-order chi connectivity index (χ0) is 18.2. The zero-order valence-electron chi connectivity index (χ0n) is 13.4. The molecule has 1 fully saturated rings. The Bertz CT molecular complexity index is 920. The smallest absolute Gasteiger partial charge is 0.291 e. The van der Waals surface area contributed by atoms with E-state index in [9.17, 15) is 17.6 Å². The fraction of sp³-hybridized carbons (Fsp3) is 0.312. The number of sulfonamides is 1. The molecule has 3 rings (SSSR count). The third-order valence-corrected chi connectivity index (χ3v) is 6.62. The molecule has 1 aromatic heterocycles. The molecule has 1 N–H and O–H groups in total. The molecule has 0 bridgehead atoms. The summed E-state index contributed by atoms with van der Waals surface area (Å²) in [5.74, 6) is -1.02. The van der Waals surface area contributed by atoms with E-state index in [1.165, 1.54) is 35.5 Å². The number of nitrogens with one attached hydrogen (secondary N) is 1. The van der Waals surface area contributed by atoms with Gasteiger partial charge in [0, 0.05) is 23.6 Å². The lowest BCUT2D eigenvalue weighted by atomic mass is 10.3. The molecular formula is C16H16BrFN2O4S. The number of amides is 1. The monoisotopic (exact) mass is 430 g/mol. The number of anilines is 1. The maximum atomic E-state index is 13.1. The Morgan fingerprint density at radius 2 is 1.96 bits per heavy atom. The first-order chi connectivity index (χ1) is 11.8. The van der Waals surface area contributed by atoms with Crippen molar-refractivity contribution in [1.82, 2.24) is 4.31 Å². The summed E-state index contributed by atoms with van der Waals surface area (Å²) in [6, 6.07) is 5.05. The number of hydrogen-bond donors (Lipinski definition) is 1. The van der Waals surface area contributed by atoms with Gasteiger partial charge in [0.15, 0.2) is 5.76 Å². The van der Waals surface area contributed by atoms with Gasteiger partial charge in [0.25, 0.3) is 5.91 Å². The van der Waals surface area contributed by atoms with Gasteiger partial charge >= 0.3 is 0 Å². The predicted octanol–water partition coefficient (Wildman–Crippen LogP) is 3.53. The molecule has 0 unspecified atom stereocenters. The lowest BCUT2D eigenvalue weighted by molar-refractivity contribution is 0.0995. The normalized spacial score (nSPS) is 15.5. The van der Waals surface area contributed by atoms with E-state index in [1.54, 1.807) is 0 Å². The van der Waals surface area contributed by atoms with Crippen LogP contribution in [0.3, 0.4) is 0 Å². The van der Waals surface area contributed by atoms with E-state index in [4.69, 9.17) is 4.42 Å². The van der Waals surface area contributed by atoms with E-state index < -0.39 is 21.7 Å². The van der Waals surface area contributed by atoms with E-state index in [-0.39, 0.29) is 16.4 Å². The molecule has 1 amide bonds. The van der Waals surface area contributed by atoms with Gasteiger partial charge in [-0.3, -0.25) is 4.79 Å². The van der Waals surface area contributed by atoms with Crippen molar-refractivity contribution in [3.8, 4) is 0 Å². The minimum atomic E-state index is -3.67. The Morgan fingerprint density at radius 1 is 1.28 bits per heavy atom. The number of carbonyl (C=O) groups excluding carboxylic acids is 1. The third kappa shape index (κ3) is 3.63. The Hall–Kier alpha value is -1.71. The first-order valence-corrected chi connectivity index (χ1v) is 9.89. The Morgan fingerprint density at radius 3 is 2.60 bits per heavy atom. The van der Waals surface area contributed by atoms with Crippen molar-refractivity contribution in [3.05, 3.63) is 46.1 Å². The fourth-order valence-corrected chi connectivity index (χ4v) is 4.80. The van der Waals surface area contributed by atoms with Gasteiger partial charge < -0.3 is 9.73 Å². The topological polar surface area (TPSA) is 79.6 Å². The van der Waals surface area contributed by atoms with Crippen molar-refractivity contribution < 1.29 is 22.0 Å². The van der Waals surface area contributed by atoms with Crippen LogP contribution in [0, 0.1) is 12.7 Å². The van der Waals surface area contributed by atoms with Gasteiger partial charge in [-0.15, -0.1) is 0 Å². The van der Waals surface area contributed by atoms with Crippen LogP contribution in [0.15, 0.2) is 38.1 Å². The molecule has 2 aromatic rings. The molecule has 0 spiro atoms. The molecule has 0 radical (unpaired) electrons. The van der Waals surface area contributed by atoms with Gasteiger partial charge in [0.2, 0.25) is 10.0 Å². The van der Waals surface area contributed by atoms with Crippen LogP contribution in [-0.4, -0.2) is 31.7 Å². The van der Waals surface area contributed by atoms with Gasteiger partial charge in [-0.05, 0) is 53.9 Å². The molecule has 1 aliphatic heterocycles. The van der Waals surface area contributed by atoms with Crippen LogP contribution in [0.25, 0.3) is 0 Å². The molecule has 0 atom stereocenters. The summed E-state index contributed by atoms with van der Waals surface area (Å²) >= 11 is 3.16. The molecule has 1 aromatic carbocycles. The molecule has 2 heterocycles. The van der Waals surface area contributed by atoms with E-state index in [1.807, 2.05) is 0 Å². The van der Waals surface area contributed by atoms with Crippen molar-refractivity contribution in [2.75, 3.05) is 18.4 Å². The lowest BCUT2D eigenvalue weighted by Gasteiger charge is -2.14. The first kappa shape index (κ1) is 18.1. The SMILES string of the molecule is Cc1oc(C(=O)Nc2ccc(F)cc2Br)cc1S(=O)(=O)N1CCCC1. The van der Waals surface area contributed by atoms with Crippen molar-refractivity contribution in [1.29, 1.82) is 0 Å². The summed E-state index contributed by atoms with van der Waals surface area (Å²) in [7, 11) is -3.67. The number of furan rings is 1. The van der Waals surface area contributed by atoms with Crippen molar-refractivity contribution >= 4 is 37.5 Å². The van der Waals surface area contributed by atoms with Crippen molar-refractivity contribution in [2.45, 2.75) is 24.7 Å². The van der Waals surface area contributed by atoms with E-state index in [2.05, 4.69) is 21.2 Å². The highest BCUT2D eigenvalue weighted by Crippen LogP contribution is 2.28. The molecule has 25 heavy (non-hydrogen) atoms. The van der Waals surface area contributed by atoms with Crippen LogP contribution in [0.5, 0.6) is 0 Å². The number of halogens is 2. The third-order valence-electron chi connectivity index (χ3n) is 3.96. The number of benzene rings is 1. The summed E-state index contributed by atoms with van der Waals surface area (Å²) in [6.45, 7) is 2.45. The van der Waals surface area contributed by atoms with Gasteiger partial charge in [-0.2, -0.15) is 4.31 Å². The van der Waals surface area contributed by atoms with Crippen LogP contribution < -0.4 is 5.32 Å². The second kappa shape index (κ2) is 6.89. The van der Waals surface area contributed by atoms with E-state index in [0.29, 0.717) is 23.2 Å². The van der Waals surface area contributed by atoms with E-state index >= 15 is 0 Å². The highest BCUT2D eigenvalue weighted by atomic mass is 79.9. The number of nitrogens with zero attached hydrogens (tertiary/aromatic N) is 1. The van der Waals surface area contributed by atoms with Gasteiger partial charge in [0.1, 0.15) is 16.5 Å². The average Bonchev–Trinajstić information content (AvgIpc) is 3.20. The highest BCUT2D eigenvalue weighted by molar-refractivity contribution is 9.10. The largest absolute Gasteiger partial charge is 0.455 e. The molecule has 6 nitrogen and oxygen atoms in total. The number of rotatable bonds is 4. The Balaban J connectivity index is 1.85. The minimum Gasteiger partial charge on any atom is -0.455 e. The molecule has 9 heteroatoms. The average molecular weight is 431 g/mol. The first-order valence-electron chi connectivity index (χ1n) is 7.66. The molecule has 1 aliphatic rings. The highest BCUT2D eigenvalue weighted by Gasteiger charge is 2.31. The number of carbonyl (C=O) groups is 1. The van der Waals surface area contributed by atoms with Gasteiger partial charge in [-0.1, -0.05) is 0 Å². The summed E-state index contributed by atoms with van der Waals surface area (Å²) in [4.78, 5) is 12.3. The zero-order valence-corrected chi connectivity index (χ0v) is 15.8. The molecule has 0 saturated carbocycles. The van der Waals surface area contributed by atoms with Crippen LogP contribution in [-0.2, 0) is 10.0 Å². The molecule has 0 aliphatic carbocycles. The molecule has 134 valence electrons. The van der Waals surface area contributed by atoms with Crippen molar-refractivity contribution in [2.24, 2.45) is 0 Å². The van der Waals surface area contributed by atoms with Gasteiger partial charge in [-0.25, -0.2) is 12.8 Å². The van der Waals surface area contributed by atoms with Gasteiger partial charge in [0.05, 0.1) is 5.69 Å². The van der Waals surface area contributed by atoms with Crippen LogP contribution in [0.2, 0.25) is 0 Å². The Labute approximate surface area is 153 Å². The van der Waals surface area contributed by atoms with Crippen LogP contribution in [0.1, 0.15) is 29.2 Å². The number of aryl methyl sites for hydroxylation is 1. The maximum Gasteiger partial charge on any atom is 0.291 e. The van der Waals surface area contributed by atoms with Crippen LogP contribution >= 0.6 is 15.9 Å². The minimum absolute atomic E-state index is 0.00211. The maximum absolute atomic E-state index is 13.1. The van der Waals surface area contributed by atoms with Crippen LogP contribution in [0.4, 0.5) is 10.1 Å². The summed E-state index contributed by atoms with van der Waals surface area (Å²) in [6.07, 6.45) is 1.64. The fourth-order valence-electron chi connectivity index (χ4n) is 2.68. The molecular weight excluding hydrogens is 415 g/mol. The predicted molar refractivity (Wildman–Crippen MR) is 93.5 cm³/mol. The molecule has 1 saturated heterocycles. The van der Waals surface area contributed by atoms with Crippen molar-refractivity contribution in [3.63, 3.8) is 0 Å². The summed E-state index contributed by atoms with van der Waals surface area (Å²) in [5.41, 5.74) is 0.351. The standard InChI is InChI=1S/C16H16BrFN2O4S/c1-10-15(25(22,23)20-6-2-3-7-20)9-14(24-10)16(21)19-13-5-4-11(18)8-12(13)17/h4-5,8-9H,2-3,6-7H2,1H3,(H,19,21). The quantitative estimate of drug-likeness (QED) is 0.804. The lowest BCUT2D eigenvalue weighted by Crippen LogP contribution is -2.28. The Kier molecular flexibility index (Phi) is 4.99. The summed E-state index contributed by atoms with van der Waals surface area (Å²) < 4.78 is 45.5.